The predicted octanol–water partition coefficient (Wildman–Crippen LogP) is 3.77. The molecule has 0 amide bonds. The molecular formula is C12H23O4P. The van der Waals surface area contributed by atoms with Crippen LogP contribution in [0, 0.1) is 11.8 Å². The van der Waals surface area contributed by atoms with E-state index < -0.39 is 7.82 Å². The lowest BCUT2D eigenvalue weighted by Crippen LogP contribution is -2.12. The molecule has 0 spiro atoms. The van der Waals surface area contributed by atoms with E-state index in [4.69, 9.17) is 13.6 Å². The van der Waals surface area contributed by atoms with Crippen molar-refractivity contribution in [1.29, 1.82) is 0 Å². The third kappa shape index (κ3) is 7.57. The molecule has 0 unspecified atom stereocenters. The SMILES string of the molecule is CC#C[C@H](CCCC)OP(=O)(OCC)OCC. The monoisotopic (exact) mass is 262 g/mol. The van der Waals surface area contributed by atoms with Gasteiger partial charge in [0.05, 0.1) is 13.2 Å². The van der Waals surface area contributed by atoms with Crippen molar-refractivity contribution in [2.24, 2.45) is 0 Å². The van der Waals surface area contributed by atoms with Crippen molar-refractivity contribution in [1.82, 2.24) is 0 Å². The van der Waals surface area contributed by atoms with Gasteiger partial charge in [0.2, 0.25) is 0 Å². The lowest BCUT2D eigenvalue weighted by atomic mass is 10.2. The fraction of sp³-hybridized carbons (Fsp3) is 0.833. The highest BCUT2D eigenvalue weighted by Crippen LogP contribution is 2.50. The van der Waals surface area contributed by atoms with Gasteiger partial charge in [0, 0.05) is 0 Å². The number of phosphoric ester groups is 1. The molecule has 0 heterocycles. The summed E-state index contributed by atoms with van der Waals surface area (Å²) in [6.07, 6.45) is 2.36. The summed E-state index contributed by atoms with van der Waals surface area (Å²) in [7, 11) is -3.45. The van der Waals surface area contributed by atoms with E-state index in [-0.39, 0.29) is 19.3 Å². The number of unbranched alkanes of at least 4 members (excludes halogenated alkanes) is 1. The second kappa shape index (κ2) is 9.67. The van der Waals surface area contributed by atoms with Crippen LogP contribution in [-0.2, 0) is 18.1 Å². The van der Waals surface area contributed by atoms with E-state index in [1.54, 1.807) is 20.8 Å². The van der Waals surface area contributed by atoms with Crippen molar-refractivity contribution < 1.29 is 18.1 Å². The third-order valence-corrected chi connectivity index (χ3v) is 3.62. The Kier molecular flexibility index (Phi) is 9.49. The molecule has 0 aromatic heterocycles. The smallest absolute Gasteiger partial charge is 0.287 e. The van der Waals surface area contributed by atoms with Crippen molar-refractivity contribution in [3.05, 3.63) is 0 Å². The zero-order valence-corrected chi connectivity index (χ0v) is 12.1. The van der Waals surface area contributed by atoms with Crippen molar-refractivity contribution in [2.75, 3.05) is 13.2 Å². The topological polar surface area (TPSA) is 44.8 Å². The van der Waals surface area contributed by atoms with Gasteiger partial charge in [0.25, 0.3) is 0 Å². The third-order valence-electron chi connectivity index (χ3n) is 1.96. The summed E-state index contributed by atoms with van der Waals surface area (Å²) in [6, 6.07) is 0. The molecule has 100 valence electrons. The van der Waals surface area contributed by atoms with E-state index in [0.717, 1.165) is 19.3 Å². The molecule has 0 rings (SSSR count). The van der Waals surface area contributed by atoms with Crippen LogP contribution in [0.15, 0.2) is 0 Å². The van der Waals surface area contributed by atoms with Gasteiger partial charge in [-0.1, -0.05) is 25.7 Å². The lowest BCUT2D eigenvalue weighted by Gasteiger charge is -2.20. The Morgan fingerprint density at radius 3 is 2.18 bits per heavy atom. The fourth-order valence-corrected chi connectivity index (χ4v) is 2.57. The zero-order chi connectivity index (χ0) is 13.1. The molecule has 0 N–H and O–H groups in total. The summed E-state index contributed by atoms with van der Waals surface area (Å²) in [5.41, 5.74) is 0. The van der Waals surface area contributed by atoms with Gasteiger partial charge in [-0.3, -0.25) is 13.6 Å². The van der Waals surface area contributed by atoms with Crippen LogP contribution in [0.2, 0.25) is 0 Å². The molecule has 0 fully saturated rings. The Bertz CT molecular complexity index is 283. The van der Waals surface area contributed by atoms with Gasteiger partial charge < -0.3 is 0 Å². The lowest BCUT2D eigenvalue weighted by molar-refractivity contribution is 0.0999. The minimum absolute atomic E-state index is 0.289. The van der Waals surface area contributed by atoms with E-state index in [0.29, 0.717) is 0 Å². The van der Waals surface area contributed by atoms with Crippen LogP contribution in [0.25, 0.3) is 0 Å². The maximum Gasteiger partial charge on any atom is 0.475 e. The first-order valence-electron chi connectivity index (χ1n) is 6.11. The van der Waals surface area contributed by atoms with Crippen LogP contribution in [0.4, 0.5) is 0 Å². The summed E-state index contributed by atoms with van der Waals surface area (Å²) in [5, 5.41) is 0. The molecule has 17 heavy (non-hydrogen) atoms. The number of hydrogen-bond acceptors (Lipinski definition) is 4. The molecule has 0 radical (unpaired) electrons. The summed E-state index contributed by atoms with van der Waals surface area (Å²) >= 11 is 0. The number of phosphoric acid groups is 1. The van der Waals surface area contributed by atoms with E-state index >= 15 is 0 Å². The quantitative estimate of drug-likeness (QED) is 0.468. The van der Waals surface area contributed by atoms with Crippen molar-refractivity contribution in [3.63, 3.8) is 0 Å². The second-order valence-corrected chi connectivity index (χ2v) is 5.04. The Balaban J connectivity index is 4.53. The van der Waals surface area contributed by atoms with Gasteiger partial charge in [-0.15, -0.1) is 5.92 Å². The van der Waals surface area contributed by atoms with Gasteiger partial charge >= 0.3 is 7.82 Å². The summed E-state index contributed by atoms with van der Waals surface area (Å²) in [6.45, 7) is 7.90. The van der Waals surface area contributed by atoms with E-state index in [2.05, 4.69) is 18.8 Å². The first kappa shape index (κ1) is 16.7. The van der Waals surface area contributed by atoms with E-state index in [1.807, 2.05) is 0 Å². The molecule has 0 aliphatic carbocycles. The number of hydrogen-bond donors (Lipinski definition) is 0. The fourth-order valence-electron chi connectivity index (χ4n) is 1.27. The Hall–Kier alpha value is -0.330. The minimum Gasteiger partial charge on any atom is -0.287 e. The molecule has 0 aliphatic rings. The maximum atomic E-state index is 12.1. The van der Waals surface area contributed by atoms with Crippen LogP contribution in [0.5, 0.6) is 0 Å². The molecular weight excluding hydrogens is 239 g/mol. The molecule has 0 bridgehead atoms. The van der Waals surface area contributed by atoms with E-state index in [1.165, 1.54) is 0 Å². The molecule has 0 saturated heterocycles. The zero-order valence-electron chi connectivity index (χ0n) is 11.2. The van der Waals surface area contributed by atoms with Crippen molar-refractivity contribution in [2.45, 2.75) is 53.1 Å². The number of rotatable bonds is 9. The molecule has 0 saturated carbocycles. The van der Waals surface area contributed by atoms with E-state index in [9.17, 15) is 4.57 Å². The summed E-state index contributed by atoms with van der Waals surface area (Å²) < 4.78 is 27.7. The van der Waals surface area contributed by atoms with Crippen molar-refractivity contribution in [3.8, 4) is 11.8 Å². The Morgan fingerprint density at radius 1 is 1.18 bits per heavy atom. The van der Waals surface area contributed by atoms with Crippen LogP contribution in [-0.4, -0.2) is 19.3 Å². The van der Waals surface area contributed by atoms with Gasteiger partial charge in [-0.25, -0.2) is 4.57 Å². The Morgan fingerprint density at radius 2 is 1.76 bits per heavy atom. The molecule has 4 nitrogen and oxygen atoms in total. The minimum atomic E-state index is -3.45. The first-order chi connectivity index (χ1) is 8.11. The molecule has 5 heteroatoms. The van der Waals surface area contributed by atoms with Crippen LogP contribution >= 0.6 is 7.82 Å². The highest BCUT2D eigenvalue weighted by Gasteiger charge is 2.28. The van der Waals surface area contributed by atoms with Gasteiger partial charge in [0.15, 0.2) is 0 Å². The normalized spacial score (nSPS) is 12.9. The second-order valence-electron chi connectivity index (χ2n) is 3.41. The van der Waals surface area contributed by atoms with Crippen LogP contribution in [0.1, 0.15) is 47.0 Å². The molecule has 1 atom stereocenters. The summed E-state index contributed by atoms with van der Waals surface area (Å²) in [4.78, 5) is 0. The van der Waals surface area contributed by atoms with Gasteiger partial charge in [0.1, 0.15) is 6.10 Å². The highest BCUT2D eigenvalue weighted by molar-refractivity contribution is 7.48. The largest absolute Gasteiger partial charge is 0.475 e. The molecule has 0 aliphatic heterocycles. The average Bonchev–Trinajstić information content (AvgIpc) is 2.26. The average molecular weight is 262 g/mol. The maximum absolute atomic E-state index is 12.1. The summed E-state index contributed by atoms with van der Waals surface area (Å²) in [5.74, 6) is 5.66. The standard InChI is InChI=1S/C12H23O4P/c1-5-9-11-12(10-6-2)16-17(13,14-7-3)15-8-4/h12H,5,7-9,11H2,1-4H3/t12-/m1/s1. The van der Waals surface area contributed by atoms with Crippen LogP contribution < -0.4 is 0 Å². The first-order valence-corrected chi connectivity index (χ1v) is 7.57. The van der Waals surface area contributed by atoms with Gasteiger partial charge in [-0.05, 0) is 27.2 Å². The highest BCUT2D eigenvalue weighted by atomic mass is 31.2. The van der Waals surface area contributed by atoms with Crippen molar-refractivity contribution >= 4 is 7.82 Å². The van der Waals surface area contributed by atoms with Gasteiger partial charge in [-0.2, -0.15) is 0 Å². The van der Waals surface area contributed by atoms with Crippen LogP contribution in [0.3, 0.4) is 0 Å². The molecule has 0 aromatic carbocycles. The Labute approximate surface area is 105 Å². The predicted molar refractivity (Wildman–Crippen MR) is 68.7 cm³/mol. The molecule has 0 aromatic rings.